The van der Waals surface area contributed by atoms with Crippen LogP contribution in [0.1, 0.15) is 18.4 Å². The molecule has 0 aliphatic carbocycles. The molecular weight excluding hydrogens is 383 g/mol. The van der Waals surface area contributed by atoms with Crippen molar-refractivity contribution in [1.29, 1.82) is 0 Å². The molecule has 2 amide bonds. The van der Waals surface area contributed by atoms with Crippen LogP contribution in [-0.2, 0) is 16.0 Å². The standard InChI is InChI=1S/C21H18F3N3O2/c22-12-3-1-11(2-4-12)19-13(18-14(23)6-7-15(24)20(18)27-19)5-8-17(28)26-16-9-10-25-21(16)29/h1-4,6-7,16,27H,5,8-10H2,(H,25,29)(H,26,28)/t16-/m0/s1. The van der Waals surface area contributed by atoms with Crippen molar-refractivity contribution in [3.8, 4) is 11.3 Å². The molecule has 8 heteroatoms. The van der Waals surface area contributed by atoms with E-state index in [-0.39, 0.29) is 35.6 Å². The van der Waals surface area contributed by atoms with E-state index in [4.69, 9.17) is 0 Å². The first-order valence-corrected chi connectivity index (χ1v) is 9.25. The lowest BCUT2D eigenvalue weighted by Gasteiger charge is -2.10. The maximum atomic E-state index is 14.5. The van der Waals surface area contributed by atoms with Crippen molar-refractivity contribution in [3.05, 3.63) is 59.4 Å². The van der Waals surface area contributed by atoms with Crippen molar-refractivity contribution >= 4 is 22.7 Å². The molecule has 1 aliphatic rings. The minimum atomic E-state index is -0.622. The SMILES string of the molecule is O=C(CCc1c(-c2ccc(F)cc2)[nH]c2c(F)ccc(F)c12)N[C@H]1CCNC1=O. The average Bonchev–Trinajstić information content (AvgIpc) is 3.28. The number of carbonyl (C=O) groups excluding carboxylic acids is 2. The minimum absolute atomic E-state index is 0.00472. The Labute approximate surface area is 164 Å². The summed E-state index contributed by atoms with van der Waals surface area (Å²) in [6.45, 7) is 0.505. The summed E-state index contributed by atoms with van der Waals surface area (Å²) in [7, 11) is 0. The highest BCUT2D eigenvalue weighted by Crippen LogP contribution is 2.34. The van der Waals surface area contributed by atoms with Crippen molar-refractivity contribution in [1.82, 2.24) is 15.6 Å². The van der Waals surface area contributed by atoms with E-state index in [1.54, 1.807) is 0 Å². The fraction of sp³-hybridized carbons (Fsp3) is 0.238. The summed E-state index contributed by atoms with van der Waals surface area (Å²) in [5.41, 5.74) is 1.40. The summed E-state index contributed by atoms with van der Waals surface area (Å²) >= 11 is 0. The quantitative estimate of drug-likeness (QED) is 0.614. The van der Waals surface area contributed by atoms with Gasteiger partial charge in [0.05, 0.1) is 5.52 Å². The van der Waals surface area contributed by atoms with Gasteiger partial charge in [-0.3, -0.25) is 9.59 Å². The smallest absolute Gasteiger partial charge is 0.242 e. The number of carbonyl (C=O) groups is 2. The van der Waals surface area contributed by atoms with Gasteiger partial charge in [-0.2, -0.15) is 0 Å². The van der Waals surface area contributed by atoms with E-state index in [9.17, 15) is 22.8 Å². The summed E-state index contributed by atoms with van der Waals surface area (Å²) in [6.07, 6.45) is 0.618. The normalized spacial score (nSPS) is 16.2. The number of aromatic amines is 1. The van der Waals surface area contributed by atoms with E-state index in [1.165, 1.54) is 24.3 Å². The zero-order valence-electron chi connectivity index (χ0n) is 15.3. The van der Waals surface area contributed by atoms with Crippen molar-refractivity contribution in [2.24, 2.45) is 0 Å². The van der Waals surface area contributed by atoms with Crippen LogP contribution in [0.15, 0.2) is 36.4 Å². The van der Waals surface area contributed by atoms with Gasteiger partial charge in [-0.25, -0.2) is 13.2 Å². The monoisotopic (exact) mass is 401 g/mol. The number of rotatable bonds is 5. The molecule has 5 nitrogen and oxygen atoms in total. The van der Waals surface area contributed by atoms with Gasteiger partial charge in [-0.15, -0.1) is 0 Å². The number of halogens is 3. The molecule has 0 saturated carbocycles. The summed E-state index contributed by atoms with van der Waals surface area (Å²) in [6, 6.07) is 7.00. The van der Waals surface area contributed by atoms with Crippen molar-refractivity contribution in [3.63, 3.8) is 0 Å². The number of fused-ring (bicyclic) bond motifs is 1. The Bertz CT molecular complexity index is 1090. The van der Waals surface area contributed by atoms with E-state index in [0.717, 1.165) is 12.1 Å². The molecule has 2 heterocycles. The van der Waals surface area contributed by atoms with Crippen LogP contribution < -0.4 is 10.6 Å². The van der Waals surface area contributed by atoms with Crippen molar-refractivity contribution in [2.75, 3.05) is 6.54 Å². The zero-order valence-corrected chi connectivity index (χ0v) is 15.3. The van der Waals surface area contributed by atoms with Crippen molar-refractivity contribution in [2.45, 2.75) is 25.3 Å². The lowest BCUT2D eigenvalue weighted by molar-refractivity contribution is -0.127. The number of benzene rings is 2. The predicted octanol–water partition coefficient (Wildman–Crippen LogP) is 3.19. The molecule has 1 aliphatic heterocycles. The van der Waals surface area contributed by atoms with Gasteiger partial charge in [0.2, 0.25) is 11.8 Å². The van der Waals surface area contributed by atoms with Gasteiger partial charge >= 0.3 is 0 Å². The highest BCUT2D eigenvalue weighted by atomic mass is 19.1. The molecule has 3 aromatic rings. The maximum absolute atomic E-state index is 14.5. The molecule has 2 aromatic carbocycles. The van der Waals surface area contributed by atoms with Crippen LogP contribution in [0, 0.1) is 17.5 Å². The Kier molecular flexibility index (Phi) is 5.00. The second-order valence-electron chi connectivity index (χ2n) is 6.96. The fourth-order valence-electron chi connectivity index (χ4n) is 3.64. The summed E-state index contributed by atoms with van der Waals surface area (Å²) in [4.78, 5) is 26.8. The number of hydrogen-bond acceptors (Lipinski definition) is 2. The van der Waals surface area contributed by atoms with Gasteiger partial charge in [-0.1, -0.05) is 0 Å². The van der Waals surface area contributed by atoms with Gasteiger partial charge < -0.3 is 15.6 Å². The molecule has 4 rings (SSSR count). The van der Waals surface area contributed by atoms with Crippen LogP contribution in [0.3, 0.4) is 0 Å². The molecule has 150 valence electrons. The van der Waals surface area contributed by atoms with Crippen LogP contribution in [-0.4, -0.2) is 29.4 Å². The number of H-pyrrole nitrogens is 1. The third-order valence-electron chi connectivity index (χ3n) is 5.08. The molecule has 0 bridgehead atoms. The first-order valence-electron chi connectivity index (χ1n) is 9.25. The molecule has 1 saturated heterocycles. The molecule has 1 aromatic heterocycles. The van der Waals surface area contributed by atoms with Gasteiger partial charge in [0, 0.05) is 24.0 Å². The number of aryl methyl sites for hydroxylation is 1. The molecule has 0 spiro atoms. The molecule has 1 atom stereocenters. The minimum Gasteiger partial charge on any atom is -0.354 e. The van der Waals surface area contributed by atoms with Crippen LogP contribution >= 0.6 is 0 Å². The van der Waals surface area contributed by atoms with Gasteiger partial charge in [0.25, 0.3) is 0 Å². The second-order valence-corrected chi connectivity index (χ2v) is 6.96. The topological polar surface area (TPSA) is 74.0 Å². The zero-order chi connectivity index (χ0) is 20.5. The predicted molar refractivity (Wildman–Crippen MR) is 101 cm³/mol. The maximum Gasteiger partial charge on any atom is 0.242 e. The molecule has 29 heavy (non-hydrogen) atoms. The first kappa shape index (κ1) is 19.0. The number of nitrogens with one attached hydrogen (secondary N) is 3. The van der Waals surface area contributed by atoms with E-state index in [0.29, 0.717) is 29.8 Å². The summed E-state index contributed by atoms with van der Waals surface area (Å²) < 4.78 is 42.1. The summed E-state index contributed by atoms with van der Waals surface area (Å²) in [5.74, 6) is -2.26. The van der Waals surface area contributed by atoms with Crippen LogP contribution in [0.25, 0.3) is 22.2 Å². The lowest BCUT2D eigenvalue weighted by atomic mass is 10.0. The highest BCUT2D eigenvalue weighted by molar-refractivity contribution is 5.93. The molecular formula is C21H18F3N3O2. The highest BCUT2D eigenvalue weighted by Gasteiger charge is 2.26. The Balaban J connectivity index is 1.67. The van der Waals surface area contributed by atoms with Gasteiger partial charge in [-0.05, 0) is 60.4 Å². The third kappa shape index (κ3) is 3.70. The van der Waals surface area contributed by atoms with Crippen LogP contribution in [0.4, 0.5) is 13.2 Å². The summed E-state index contributed by atoms with van der Waals surface area (Å²) in [5, 5.41) is 5.36. The Morgan fingerprint density at radius 1 is 1.07 bits per heavy atom. The molecule has 1 fully saturated rings. The third-order valence-corrected chi connectivity index (χ3v) is 5.08. The van der Waals surface area contributed by atoms with Gasteiger partial charge in [0.15, 0.2) is 0 Å². The van der Waals surface area contributed by atoms with Gasteiger partial charge in [0.1, 0.15) is 23.5 Å². The van der Waals surface area contributed by atoms with Crippen LogP contribution in [0.5, 0.6) is 0 Å². The number of hydrogen-bond donors (Lipinski definition) is 3. The average molecular weight is 401 g/mol. The van der Waals surface area contributed by atoms with Crippen LogP contribution in [0.2, 0.25) is 0 Å². The second kappa shape index (κ2) is 7.62. The molecule has 0 unspecified atom stereocenters. The fourth-order valence-corrected chi connectivity index (χ4v) is 3.64. The van der Waals surface area contributed by atoms with E-state index >= 15 is 0 Å². The number of amides is 2. The molecule has 3 N–H and O–H groups in total. The number of aromatic nitrogens is 1. The lowest BCUT2D eigenvalue weighted by Crippen LogP contribution is -2.40. The van der Waals surface area contributed by atoms with Crippen molar-refractivity contribution < 1.29 is 22.8 Å². The Morgan fingerprint density at radius 2 is 1.79 bits per heavy atom. The Hall–Kier alpha value is -3.29. The molecule has 0 radical (unpaired) electrons. The van der Waals surface area contributed by atoms with E-state index < -0.39 is 23.5 Å². The Morgan fingerprint density at radius 3 is 2.48 bits per heavy atom. The van der Waals surface area contributed by atoms with E-state index in [2.05, 4.69) is 15.6 Å². The van der Waals surface area contributed by atoms with E-state index in [1.807, 2.05) is 0 Å². The first-order chi connectivity index (χ1) is 13.9. The largest absolute Gasteiger partial charge is 0.354 e.